The smallest absolute Gasteiger partial charge is 0.333 e. The Kier molecular flexibility index (Phi) is 3.98. The van der Waals surface area contributed by atoms with Gasteiger partial charge >= 0.3 is 5.97 Å². The van der Waals surface area contributed by atoms with E-state index >= 15 is 0 Å². The molecule has 0 spiro atoms. The van der Waals surface area contributed by atoms with Crippen molar-refractivity contribution < 1.29 is 14.3 Å². The van der Waals surface area contributed by atoms with Crippen molar-refractivity contribution in [3.05, 3.63) is 65.0 Å². The quantitative estimate of drug-likeness (QED) is 0.898. The van der Waals surface area contributed by atoms with Crippen molar-refractivity contribution in [3.8, 4) is 0 Å². The number of rotatable bonds is 4. The molecular formula is C17H18FNO2. The van der Waals surface area contributed by atoms with Gasteiger partial charge in [-0.15, -0.1) is 0 Å². The minimum Gasteiger partial charge on any atom is -0.479 e. The van der Waals surface area contributed by atoms with Crippen LogP contribution >= 0.6 is 0 Å². The fourth-order valence-corrected chi connectivity index (χ4v) is 2.47. The topological polar surface area (TPSA) is 49.3 Å². The Morgan fingerprint density at radius 2 is 1.90 bits per heavy atom. The molecule has 0 aliphatic heterocycles. The van der Waals surface area contributed by atoms with Crippen molar-refractivity contribution in [1.82, 2.24) is 0 Å². The lowest BCUT2D eigenvalue weighted by Gasteiger charge is -2.29. The number of nitrogens with one attached hydrogen (secondary N) is 1. The molecule has 2 aromatic carbocycles. The van der Waals surface area contributed by atoms with E-state index in [1.54, 1.807) is 25.1 Å². The first-order chi connectivity index (χ1) is 9.83. The molecule has 0 heterocycles. The molecule has 0 aliphatic carbocycles. The zero-order chi connectivity index (χ0) is 15.6. The standard InChI is InChI=1S/C17H18FNO2/c1-11-7-8-15(12(2)9-11)17(3,16(20)21)19-14-6-4-5-13(18)10-14/h4-10,19H,1-3H3,(H,20,21). The number of hydrogen-bond acceptors (Lipinski definition) is 2. The molecule has 3 nitrogen and oxygen atoms in total. The summed E-state index contributed by atoms with van der Waals surface area (Å²) < 4.78 is 13.3. The van der Waals surface area contributed by atoms with Crippen LogP contribution in [-0.2, 0) is 10.3 Å². The maximum Gasteiger partial charge on any atom is 0.333 e. The molecule has 2 rings (SSSR count). The van der Waals surface area contributed by atoms with Gasteiger partial charge in [0.1, 0.15) is 5.82 Å². The fourth-order valence-electron chi connectivity index (χ4n) is 2.47. The Morgan fingerprint density at radius 1 is 1.19 bits per heavy atom. The molecule has 2 aromatic rings. The second-order valence-electron chi connectivity index (χ2n) is 5.38. The third kappa shape index (κ3) is 3.05. The molecule has 21 heavy (non-hydrogen) atoms. The van der Waals surface area contributed by atoms with Crippen molar-refractivity contribution in [1.29, 1.82) is 0 Å². The van der Waals surface area contributed by atoms with Crippen LogP contribution in [0.25, 0.3) is 0 Å². The average Bonchev–Trinajstić information content (AvgIpc) is 2.38. The van der Waals surface area contributed by atoms with Crippen LogP contribution in [0.5, 0.6) is 0 Å². The van der Waals surface area contributed by atoms with Crippen LogP contribution in [0.4, 0.5) is 10.1 Å². The summed E-state index contributed by atoms with van der Waals surface area (Å²) in [6, 6.07) is 11.4. The van der Waals surface area contributed by atoms with E-state index in [0.29, 0.717) is 11.3 Å². The predicted octanol–water partition coefficient (Wildman–Crippen LogP) is 3.85. The summed E-state index contributed by atoms with van der Waals surface area (Å²) in [5.41, 5.74) is 1.70. The van der Waals surface area contributed by atoms with Gasteiger partial charge in [0.25, 0.3) is 0 Å². The van der Waals surface area contributed by atoms with E-state index in [1.807, 2.05) is 26.0 Å². The number of hydrogen-bond donors (Lipinski definition) is 2. The number of aryl methyl sites for hydroxylation is 2. The molecule has 110 valence electrons. The van der Waals surface area contributed by atoms with Crippen LogP contribution in [0.1, 0.15) is 23.6 Å². The van der Waals surface area contributed by atoms with Gasteiger partial charge in [-0.25, -0.2) is 9.18 Å². The van der Waals surface area contributed by atoms with Crippen LogP contribution in [-0.4, -0.2) is 11.1 Å². The van der Waals surface area contributed by atoms with Crippen LogP contribution < -0.4 is 5.32 Å². The van der Waals surface area contributed by atoms with E-state index in [1.165, 1.54) is 12.1 Å². The molecule has 0 saturated heterocycles. The highest BCUT2D eigenvalue weighted by molar-refractivity contribution is 5.84. The van der Waals surface area contributed by atoms with Crippen molar-refractivity contribution >= 4 is 11.7 Å². The summed E-state index contributed by atoms with van der Waals surface area (Å²) in [5, 5.41) is 12.6. The molecule has 2 N–H and O–H groups in total. The third-order valence-electron chi connectivity index (χ3n) is 3.57. The fraction of sp³-hybridized carbons (Fsp3) is 0.235. The highest BCUT2D eigenvalue weighted by Crippen LogP contribution is 2.29. The molecule has 0 aliphatic rings. The number of halogens is 1. The molecule has 0 fully saturated rings. The first-order valence-electron chi connectivity index (χ1n) is 6.68. The van der Waals surface area contributed by atoms with E-state index in [0.717, 1.165) is 11.1 Å². The van der Waals surface area contributed by atoms with E-state index in [9.17, 15) is 14.3 Å². The molecule has 0 aromatic heterocycles. The lowest BCUT2D eigenvalue weighted by molar-refractivity contribution is -0.142. The molecule has 0 radical (unpaired) electrons. The second-order valence-corrected chi connectivity index (χ2v) is 5.38. The Balaban J connectivity index is 2.48. The monoisotopic (exact) mass is 287 g/mol. The number of benzene rings is 2. The molecule has 4 heteroatoms. The first kappa shape index (κ1) is 15.0. The van der Waals surface area contributed by atoms with Gasteiger partial charge in [-0.2, -0.15) is 0 Å². The van der Waals surface area contributed by atoms with Crippen LogP contribution in [0.2, 0.25) is 0 Å². The minimum atomic E-state index is -1.33. The van der Waals surface area contributed by atoms with Crippen molar-refractivity contribution in [2.45, 2.75) is 26.3 Å². The Hall–Kier alpha value is -2.36. The van der Waals surface area contributed by atoms with Crippen LogP contribution in [0.15, 0.2) is 42.5 Å². The Morgan fingerprint density at radius 3 is 2.48 bits per heavy atom. The lowest BCUT2D eigenvalue weighted by Crippen LogP contribution is -2.41. The van der Waals surface area contributed by atoms with E-state index < -0.39 is 17.3 Å². The third-order valence-corrected chi connectivity index (χ3v) is 3.57. The summed E-state index contributed by atoms with van der Waals surface area (Å²) >= 11 is 0. The Bertz CT molecular complexity index is 684. The minimum absolute atomic E-state index is 0.409. The average molecular weight is 287 g/mol. The van der Waals surface area contributed by atoms with Crippen LogP contribution in [0, 0.1) is 19.7 Å². The van der Waals surface area contributed by atoms with Crippen LogP contribution in [0.3, 0.4) is 0 Å². The Labute approximate surface area is 123 Å². The van der Waals surface area contributed by atoms with Crippen molar-refractivity contribution in [2.24, 2.45) is 0 Å². The molecule has 1 atom stereocenters. The maximum absolute atomic E-state index is 13.3. The van der Waals surface area contributed by atoms with E-state index in [-0.39, 0.29) is 0 Å². The van der Waals surface area contributed by atoms with Gasteiger partial charge in [0.2, 0.25) is 0 Å². The number of carboxylic acids is 1. The summed E-state index contributed by atoms with van der Waals surface area (Å²) in [7, 11) is 0. The van der Waals surface area contributed by atoms with Gasteiger partial charge in [0.15, 0.2) is 5.54 Å². The normalized spacial score (nSPS) is 13.5. The number of anilines is 1. The highest BCUT2D eigenvalue weighted by Gasteiger charge is 2.36. The largest absolute Gasteiger partial charge is 0.479 e. The SMILES string of the molecule is Cc1ccc(C(C)(Nc2cccc(F)c2)C(=O)O)c(C)c1. The highest BCUT2D eigenvalue weighted by atomic mass is 19.1. The molecule has 0 bridgehead atoms. The van der Waals surface area contributed by atoms with E-state index in [4.69, 9.17) is 0 Å². The van der Waals surface area contributed by atoms with Crippen molar-refractivity contribution in [3.63, 3.8) is 0 Å². The number of carbonyl (C=O) groups is 1. The molecule has 1 unspecified atom stereocenters. The van der Waals surface area contributed by atoms with Gasteiger partial charge in [-0.3, -0.25) is 0 Å². The van der Waals surface area contributed by atoms with Gasteiger partial charge in [-0.1, -0.05) is 29.8 Å². The first-order valence-corrected chi connectivity index (χ1v) is 6.68. The predicted molar refractivity (Wildman–Crippen MR) is 80.9 cm³/mol. The summed E-state index contributed by atoms with van der Waals surface area (Å²) in [6.07, 6.45) is 0. The summed E-state index contributed by atoms with van der Waals surface area (Å²) in [6.45, 7) is 5.41. The zero-order valence-electron chi connectivity index (χ0n) is 12.3. The van der Waals surface area contributed by atoms with Gasteiger partial charge in [-0.05, 0) is 50.1 Å². The molecular weight excluding hydrogens is 269 g/mol. The second kappa shape index (κ2) is 5.56. The van der Waals surface area contributed by atoms with E-state index in [2.05, 4.69) is 5.32 Å². The molecule has 0 saturated carbocycles. The van der Waals surface area contributed by atoms with Crippen molar-refractivity contribution in [2.75, 3.05) is 5.32 Å². The van der Waals surface area contributed by atoms with Gasteiger partial charge < -0.3 is 10.4 Å². The number of carboxylic acid groups (broad SMARTS) is 1. The maximum atomic E-state index is 13.3. The lowest BCUT2D eigenvalue weighted by atomic mass is 9.87. The summed E-state index contributed by atoms with van der Waals surface area (Å²) in [4.78, 5) is 11.8. The molecule has 0 amide bonds. The zero-order valence-corrected chi connectivity index (χ0v) is 12.3. The van der Waals surface area contributed by atoms with Gasteiger partial charge in [0.05, 0.1) is 0 Å². The number of aliphatic carboxylic acids is 1. The summed E-state index contributed by atoms with van der Waals surface area (Å²) in [5.74, 6) is -1.42. The van der Waals surface area contributed by atoms with Gasteiger partial charge in [0, 0.05) is 5.69 Å².